The molecule has 1 amide bonds. The third-order valence-electron chi connectivity index (χ3n) is 4.30. The summed E-state index contributed by atoms with van der Waals surface area (Å²) in [7, 11) is 0. The van der Waals surface area contributed by atoms with Crippen molar-refractivity contribution >= 4 is 5.91 Å². The first kappa shape index (κ1) is 19.1. The fourth-order valence-corrected chi connectivity index (χ4v) is 3.11. The van der Waals surface area contributed by atoms with Crippen LogP contribution < -0.4 is 14.8 Å². The maximum absolute atomic E-state index is 13.1. The van der Waals surface area contributed by atoms with E-state index in [0.717, 1.165) is 24.1 Å². The number of carbonyl (C=O) groups excluding carboxylic acids is 1. The van der Waals surface area contributed by atoms with E-state index in [9.17, 15) is 18.0 Å². The van der Waals surface area contributed by atoms with Gasteiger partial charge >= 0.3 is 6.18 Å². The molecule has 0 radical (unpaired) electrons. The summed E-state index contributed by atoms with van der Waals surface area (Å²) in [4.78, 5) is 12.4. The summed E-state index contributed by atoms with van der Waals surface area (Å²) >= 11 is 0. The molecule has 0 saturated heterocycles. The monoisotopic (exact) mass is 379 g/mol. The normalized spacial score (nSPS) is 15.8. The Labute approximate surface area is 155 Å². The Balaban J connectivity index is 1.81. The number of halogens is 3. The number of benzene rings is 2. The fourth-order valence-electron chi connectivity index (χ4n) is 3.11. The number of hydrogen-bond acceptors (Lipinski definition) is 3. The topological polar surface area (TPSA) is 47.6 Å². The largest absolute Gasteiger partial charge is 0.494 e. The van der Waals surface area contributed by atoms with Crippen LogP contribution in [0.2, 0.25) is 0 Å². The first-order valence-corrected chi connectivity index (χ1v) is 8.69. The average molecular weight is 379 g/mol. The standard InChI is InChI=1S/C20H20F3NO3/c1-3-26-17-9-13-8-12(2)27-18(13)10-14(17)11-24-19(25)15-6-4-5-7-16(15)20(21,22)23/h4-7,9-10,12H,3,8,11H2,1-2H3,(H,24,25). The van der Waals surface area contributed by atoms with Crippen molar-refractivity contribution in [2.45, 2.75) is 39.1 Å². The van der Waals surface area contributed by atoms with Crippen molar-refractivity contribution in [3.8, 4) is 11.5 Å². The number of fused-ring (bicyclic) bond motifs is 1. The number of rotatable bonds is 5. The summed E-state index contributed by atoms with van der Waals surface area (Å²) in [6, 6.07) is 8.36. The molecule has 7 heteroatoms. The lowest BCUT2D eigenvalue weighted by Crippen LogP contribution is -2.26. The highest BCUT2D eigenvalue weighted by molar-refractivity contribution is 5.95. The zero-order valence-electron chi connectivity index (χ0n) is 15.0. The molecule has 2 aromatic rings. The highest BCUT2D eigenvalue weighted by Crippen LogP contribution is 2.35. The third kappa shape index (κ3) is 4.18. The van der Waals surface area contributed by atoms with E-state index in [4.69, 9.17) is 9.47 Å². The Hall–Kier alpha value is -2.70. The minimum Gasteiger partial charge on any atom is -0.494 e. The van der Waals surface area contributed by atoms with Crippen LogP contribution in [-0.4, -0.2) is 18.6 Å². The molecule has 1 aliphatic rings. The number of alkyl halides is 3. The molecule has 1 heterocycles. The van der Waals surface area contributed by atoms with E-state index in [-0.39, 0.29) is 12.6 Å². The maximum atomic E-state index is 13.1. The van der Waals surface area contributed by atoms with Crippen LogP contribution >= 0.6 is 0 Å². The van der Waals surface area contributed by atoms with Crippen molar-refractivity contribution in [1.29, 1.82) is 0 Å². The minimum absolute atomic E-state index is 0.0331. The second-order valence-corrected chi connectivity index (χ2v) is 6.36. The molecule has 0 aromatic heterocycles. The van der Waals surface area contributed by atoms with Crippen molar-refractivity contribution in [2.24, 2.45) is 0 Å². The molecule has 0 spiro atoms. The van der Waals surface area contributed by atoms with E-state index in [1.165, 1.54) is 12.1 Å². The summed E-state index contributed by atoms with van der Waals surface area (Å²) in [5.41, 5.74) is 0.304. The van der Waals surface area contributed by atoms with Gasteiger partial charge in [-0.3, -0.25) is 4.79 Å². The van der Waals surface area contributed by atoms with Crippen LogP contribution in [0.3, 0.4) is 0 Å². The molecule has 27 heavy (non-hydrogen) atoms. The lowest BCUT2D eigenvalue weighted by atomic mass is 10.0. The molecule has 144 valence electrons. The smallest absolute Gasteiger partial charge is 0.417 e. The van der Waals surface area contributed by atoms with Crippen molar-refractivity contribution in [2.75, 3.05) is 6.61 Å². The number of nitrogens with one attached hydrogen (secondary N) is 1. The lowest BCUT2D eigenvalue weighted by molar-refractivity contribution is -0.137. The zero-order chi connectivity index (χ0) is 19.6. The van der Waals surface area contributed by atoms with Crippen molar-refractivity contribution in [3.05, 3.63) is 58.7 Å². The maximum Gasteiger partial charge on any atom is 0.417 e. The van der Waals surface area contributed by atoms with Crippen molar-refractivity contribution in [3.63, 3.8) is 0 Å². The third-order valence-corrected chi connectivity index (χ3v) is 4.30. The Morgan fingerprint density at radius 1 is 1.30 bits per heavy atom. The Bertz CT molecular complexity index is 849. The van der Waals surface area contributed by atoms with Gasteiger partial charge in [-0.2, -0.15) is 13.2 Å². The van der Waals surface area contributed by atoms with Crippen LogP contribution in [-0.2, 0) is 19.1 Å². The molecule has 1 atom stereocenters. The lowest BCUT2D eigenvalue weighted by Gasteiger charge is -2.15. The molecule has 3 rings (SSSR count). The highest BCUT2D eigenvalue weighted by Gasteiger charge is 2.34. The van der Waals surface area contributed by atoms with Gasteiger partial charge in [0.05, 0.1) is 17.7 Å². The number of ether oxygens (including phenoxy) is 2. The van der Waals surface area contributed by atoms with Crippen LogP contribution in [0.1, 0.15) is 40.9 Å². The van der Waals surface area contributed by atoms with Gasteiger partial charge in [0.25, 0.3) is 5.91 Å². The summed E-state index contributed by atoms with van der Waals surface area (Å²) in [5.74, 6) is 0.518. The molecule has 4 nitrogen and oxygen atoms in total. The van der Waals surface area contributed by atoms with Gasteiger partial charge in [0, 0.05) is 24.1 Å². The van der Waals surface area contributed by atoms with Gasteiger partial charge in [0.1, 0.15) is 17.6 Å². The van der Waals surface area contributed by atoms with Crippen molar-refractivity contribution < 1.29 is 27.4 Å². The molecule has 0 aliphatic carbocycles. The molecule has 0 bridgehead atoms. The quantitative estimate of drug-likeness (QED) is 0.840. The van der Waals surface area contributed by atoms with Crippen LogP contribution in [0.5, 0.6) is 11.5 Å². The van der Waals surface area contributed by atoms with Gasteiger partial charge < -0.3 is 14.8 Å². The molecule has 1 aliphatic heterocycles. The molecule has 1 unspecified atom stereocenters. The molecule has 1 N–H and O–H groups in total. The van der Waals surface area contributed by atoms with Crippen LogP contribution in [0.15, 0.2) is 36.4 Å². The van der Waals surface area contributed by atoms with E-state index < -0.39 is 23.2 Å². The van der Waals surface area contributed by atoms with E-state index >= 15 is 0 Å². The van der Waals surface area contributed by atoms with Gasteiger partial charge in [0.2, 0.25) is 0 Å². The number of carbonyl (C=O) groups is 1. The SMILES string of the molecule is CCOc1cc2c(cc1CNC(=O)c1ccccc1C(F)(F)F)OC(C)C2. The first-order chi connectivity index (χ1) is 12.8. The molecule has 0 fully saturated rings. The second kappa shape index (κ2) is 7.50. The van der Waals surface area contributed by atoms with Crippen LogP contribution in [0, 0.1) is 0 Å². The Morgan fingerprint density at radius 2 is 2.04 bits per heavy atom. The molecule has 2 aromatic carbocycles. The number of amides is 1. The van der Waals surface area contributed by atoms with Crippen LogP contribution in [0.4, 0.5) is 13.2 Å². The second-order valence-electron chi connectivity index (χ2n) is 6.36. The molecular weight excluding hydrogens is 359 g/mol. The minimum atomic E-state index is -4.60. The van der Waals surface area contributed by atoms with Crippen LogP contribution in [0.25, 0.3) is 0 Å². The van der Waals surface area contributed by atoms with E-state index in [2.05, 4.69) is 5.32 Å². The molecular formula is C20H20F3NO3. The van der Waals surface area contributed by atoms with Gasteiger partial charge in [-0.1, -0.05) is 12.1 Å². The summed E-state index contributed by atoms with van der Waals surface area (Å²) in [6.45, 7) is 4.27. The summed E-state index contributed by atoms with van der Waals surface area (Å²) in [6.07, 6.45) is -3.78. The predicted octanol–water partition coefficient (Wildman–Crippen LogP) is 4.36. The van der Waals surface area contributed by atoms with Crippen molar-refractivity contribution in [1.82, 2.24) is 5.32 Å². The highest BCUT2D eigenvalue weighted by atomic mass is 19.4. The van der Waals surface area contributed by atoms with E-state index in [1.807, 2.05) is 19.9 Å². The zero-order valence-corrected chi connectivity index (χ0v) is 15.0. The number of hydrogen-bond donors (Lipinski definition) is 1. The van der Waals surface area contributed by atoms with Gasteiger partial charge in [-0.25, -0.2) is 0 Å². The molecule has 0 saturated carbocycles. The summed E-state index contributed by atoms with van der Waals surface area (Å²) < 4.78 is 50.7. The first-order valence-electron chi connectivity index (χ1n) is 8.69. The Kier molecular flexibility index (Phi) is 5.30. The summed E-state index contributed by atoms with van der Waals surface area (Å²) in [5, 5.41) is 2.55. The van der Waals surface area contributed by atoms with Gasteiger partial charge in [-0.15, -0.1) is 0 Å². The fraction of sp³-hybridized carbons (Fsp3) is 0.350. The predicted molar refractivity (Wildman–Crippen MR) is 94.0 cm³/mol. The van der Waals surface area contributed by atoms with E-state index in [1.54, 1.807) is 6.07 Å². The Morgan fingerprint density at radius 3 is 2.74 bits per heavy atom. The van der Waals surface area contributed by atoms with Gasteiger partial charge in [0.15, 0.2) is 0 Å². The van der Waals surface area contributed by atoms with Gasteiger partial charge in [-0.05, 0) is 38.1 Å². The van der Waals surface area contributed by atoms with E-state index in [0.29, 0.717) is 23.7 Å². The average Bonchev–Trinajstić information content (AvgIpc) is 2.98.